The molecule has 7 heteroatoms. The molecule has 2 aromatic heterocycles. The molecule has 0 unspecified atom stereocenters. The van der Waals surface area contributed by atoms with Crippen LogP contribution in [-0.2, 0) is 0 Å². The fourth-order valence-corrected chi connectivity index (χ4v) is 3.71. The summed E-state index contributed by atoms with van der Waals surface area (Å²) in [5.41, 5.74) is 4.20. The molecule has 1 saturated carbocycles. The normalized spacial score (nSPS) is 13.2. The number of hydrogen-bond acceptors (Lipinski definition) is 4. The van der Waals surface area contributed by atoms with Gasteiger partial charge >= 0.3 is 35.5 Å². The summed E-state index contributed by atoms with van der Waals surface area (Å²) in [4.78, 5) is 28.7. The minimum atomic E-state index is -1.18. The average molecular weight is 387 g/mol. The van der Waals surface area contributed by atoms with Crippen LogP contribution in [0.25, 0.3) is 22.0 Å². The van der Waals surface area contributed by atoms with Crippen LogP contribution >= 0.6 is 0 Å². The van der Waals surface area contributed by atoms with Crippen molar-refractivity contribution in [2.24, 2.45) is 0 Å². The molecule has 0 amide bonds. The van der Waals surface area contributed by atoms with Gasteiger partial charge in [-0.3, -0.25) is 4.79 Å². The zero-order valence-corrected chi connectivity index (χ0v) is 15.5. The first-order valence-corrected chi connectivity index (χ1v) is 8.99. The van der Waals surface area contributed by atoms with Gasteiger partial charge in [0.1, 0.15) is 11.4 Å². The Bertz CT molecular complexity index is 1150. The van der Waals surface area contributed by atoms with E-state index in [1.807, 2.05) is 37.7 Å². The molecule has 3 aromatic rings. The second-order valence-electron chi connectivity index (χ2n) is 7.09. The Balaban J connectivity index is 0.00000225. The molecule has 1 aliphatic carbocycles. The Morgan fingerprint density at radius 2 is 2.00 bits per heavy atom. The number of aryl methyl sites for hydroxylation is 2. The van der Waals surface area contributed by atoms with Crippen LogP contribution in [0.1, 0.15) is 40.4 Å². The quantitative estimate of drug-likeness (QED) is 0.672. The fraction of sp³-hybridized carbons (Fsp3) is 0.286. The number of aromatic nitrogens is 2. The van der Waals surface area contributed by atoms with E-state index in [0.29, 0.717) is 5.39 Å². The van der Waals surface area contributed by atoms with Crippen molar-refractivity contribution in [2.45, 2.75) is 32.7 Å². The van der Waals surface area contributed by atoms with Crippen molar-refractivity contribution in [1.29, 1.82) is 0 Å². The molecule has 1 aliphatic rings. The summed E-state index contributed by atoms with van der Waals surface area (Å²) < 4.78 is 1.97. The number of benzene rings is 1. The Hall–Kier alpha value is -2.15. The third-order valence-corrected chi connectivity index (χ3v) is 5.24. The molecule has 0 saturated heterocycles. The van der Waals surface area contributed by atoms with Gasteiger partial charge in [0.2, 0.25) is 5.43 Å². The Morgan fingerprint density at radius 3 is 2.57 bits per heavy atom. The summed E-state index contributed by atoms with van der Waals surface area (Å²) in [6, 6.07) is 5.95. The zero-order chi connectivity index (χ0) is 19.3. The summed E-state index contributed by atoms with van der Waals surface area (Å²) in [7, 11) is 1.84. The van der Waals surface area contributed by atoms with Gasteiger partial charge in [-0.1, -0.05) is 6.07 Å². The average Bonchev–Trinajstić information content (AvgIpc) is 3.47. The topological polar surface area (TPSA) is 84.2 Å². The predicted octanol–water partition coefficient (Wildman–Crippen LogP) is 3.11. The first-order chi connectivity index (χ1) is 12.9. The molecule has 140 valence electrons. The fourth-order valence-electron chi connectivity index (χ4n) is 3.71. The molecule has 1 aromatic carbocycles. The number of anilines is 1. The van der Waals surface area contributed by atoms with Crippen LogP contribution in [0.4, 0.5) is 5.82 Å². The number of carbonyl (C=O) groups is 1. The van der Waals surface area contributed by atoms with Crippen LogP contribution in [0.15, 0.2) is 35.4 Å². The summed E-state index contributed by atoms with van der Waals surface area (Å²) in [5, 5.41) is 12.9. The Morgan fingerprint density at radius 1 is 1.29 bits per heavy atom. The molecule has 0 spiro atoms. The molecule has 0 aliphatic heterocycles. The van der Waals surface area contributed by atoms with Gasteiger partial charge in [0, 0.05) is 36.4 Å². The molecule has 0 bridgehead atoms. The molecular formula is C21H22N3NaO3. The van der Waals surface area contributed by atoms with Crippen molar-refractivity contribution >= 4 is 52.2 Å². The zero-order valence-electron chi connectivity index (χ0n) is 15.5. The molecular weight excluding hydrogens is 365 g/mol. The van der Waals surface area contributed by atoms with E-state index in [4.69, 9.17) is 0 Å². The van der Waals surface area contributed by atoms with E-state index in [9.17, 15) is 14.7 Å². The number of nitrogens with one attached hydrogen (secondary N) is 1. The van der Waals surface area contributed by atoms with Gasteiger partial charge in [-0.2, -0.15) is 0 Å². The van der Waals surface area contributed by atoms with Gasteiger partial charge in [0.15, 0.2) is 0 Å². The summed E-state index contributed by atoms with van der Waals surface area (Å²) in [5.74, 6) is -0.348. The SMILES string of the molecule is CNc1ncc(-c2ccc3c(=O)c(C(=O)O)cn(C4CC4)c3c2C)cc1C.[NaH]. The molecule has 6 nitrogen and oxygen atoms in total. The predicted molar refractivity (Wildman–Crippen MR) is 113 cm³/mol. The van der Waals surface area contributed by atoms with Crippen molar-refractivity contribution in [2.75, 3.05) is 12.4 Å². The maximum absolute atomic E-state index is 12.7. The van der Waals surface area contributed by atoms with Gasteiger partial charge < -0.3 is 15.0 Å². The summed E-state index contributed by atoms with van der Waals surface area (Å²) >= 11 is 0. The molecule has 28 heavy (non-hydrogen) atoms. The van der Waals surface area contributed by atoms with E-state index in [-0.39, 0.29) is 41.2 Å². The Kier molecular flexibility index (Phi) is 5.66. The van der Waals surface area contributed by atoms with E-state index < -0.39 is 11.4 Å². The van der Waals surface area contributed by atoms with Crippen molar-refractivity contribution < 1.29 is 9.90 Å². The number of carboxylic acid groups (broad SMARTS) is 1. The van der Waals surface area contributed by atoms with Crippen molar-refractivity contribution in [3.8, 4) is 11.1 Å². The third-order valence-electron chi connectivity index (χ3n) is 5.24. The molecule has 2 heterocycles. The maximum atomic E-state index is 12.7. The van der Waals surface area contributed by atoms with Crippen LogP contribution in [0, 0.1) is 13.8 Å². The molecule has 1 fully saturated rings. The first-order valence-electron chi connectivity index (χ1n) is 8.99. The Labute approximate surface area is 184 Å². The van der Waals surface area contributed by atoms with Crippen LogP contribution < -0.4 is 10.7 Å². The second-order valence-corrected chi connectivity index (χ2v) is 7.09. The van der Waals surface area contributed by atoms with Crippen molar-refractivity contribution in [3.05, 3.63) is 57.5 Å². The number of carboxylic acids is 1. The van der Waals surface area contributed by atoms with E-state index in [1.165, 1.54) is 6.20 Å². The molecule has 4 rings (SSSR count). The van der Waals surface area contributed by atoms with Gasteiger partial charge in [-0.15, -0.1) is 0 Å². The van der Waals surface area contributed by atoms with E-state index in [0.717, 1.165) is 46.4 Å². The number of aromatic carboxylic acids is 1. The van der Waals surface area contributed by atoms with Crippen LogP contribution in [-0.4, -0.2) is 57.2 Å². The van der Waals surface area contributed by atoms with Gasteiger partial charge in [0.25, 0.3) is 0 Å². The summed E-state index contributed by atoms with van der Waals surface area (Å²) in [6.45, 7) is 3.98. The number of nitrogens with zero attached hydrogens (tertiary/aromatic N) is 2. The van der Waals surface area contributed by atoms with Crippen molar-refractivity contribution in [3.63, 3.8) is 0 Å². The van der Waals surface area contributed by atoms with Gasteiger partial charge in [0.05, 0.1) is 5.52 Å². The van der Waals surface area contributed by atoms with E-state index in [2.05, 4.69) is 16.4 Å². The first kappa shape index (κ1) is 20.6. The number of fused-ring (bicyclic) bond motifs is 1. The minimum absolute atomic E-state index is 0. The number of hydrogen-bond donors (Lipinski definition) is 2. The van der Waals surface area contributed by atoms with Crippen molar-refractivity contribution in [1.82, 2.24) is 9.55 Å². The van der Waals surface area contributed by atoms with E-state index >= 15 is 0 Å². The van der Waals surface area contributed by atoms with Crippen LogP contribution in [0.2, 0.25) is 0 Å². The third kappa shape index (κ3) is 3.36. The molecule has 0 radical (unpaired) electrons. The number of pyridine rings is 2. The van der Waals surface area contributed by atoms with Gasteiger partial charge in [-0.25, -0.2) is 9.78 Å². The molecule has 2 N–H and O–H groups in total. The second kappa shape index (κ2) is 7.70. The van der Waals surface area contributed by atoms with E-state index in [1.54, 1.807) is 6.07 Å². The van der Waals surface area contributed by atoms with Gasteiger partial charge in [-0.05, 0) is 55.5 Å². The van der Waals surface area contributed by atoms with Crippen LogP contribution in [0.5, 0.6) is 0 Å². The monoisotopic (exact) mass is 387 g/mol. The molecule has 0 atom stereocenters. The number of rotatable bonds is 4. The summed E-state index contributed by atoms with van der Waals surface area (Å²) in [6.07, 6.45) is 5.32. The standard InChI is InChI=1S/C21H21N3O3.Na.H/c1-11-8-13(9-23-20(11)22-3)15-6-7-16-18(12(15)2)24(14-4-5-14)10-17(19(16)25)21(26)27;;/h6-10,14H,4-5H2,1-3H3,(H,22,23)(H,26,27);;. The van der Waals surface area contributed by atoms with Crippen LogP contribution in [0.3, 0.4) is 0 Å².